The van der Waals surface area contributed by atoms with Crippen LogP contribution in [-0.4, -0.2) is 66.2 Å². The summed E-state index contributed by atoms with van der Waals surface area (Å²) in [6, 6.07) is 7.82. The van der Waals surface area contributed by atoms with Gasteiger partial charge in [0.15, 0.2) is 5.96 Å². The van der Waals surface area contributed by atoms with Crippen molar-refractivity contribution in [3.05, 3.63) is 35.4 Å². The molecule has 29 heavy (non-hydrogen) atoms. The Morgan fingerprint density at radius 3 is 2.55 bits per heavy atom. The number of aliphatic imine (C=N–C) groups is 1. The fraction of sp³-hybridized carbons (Fsp3) is 0.636. The van der Waals surface area contributed by atoms with E-state index in [0.717, 1.165) is 30.2 Å². The molecule has 3 unspecified atom stereocenters. The van der Waals surface area contributed by atoms with Gasteiger partial charge in [0.1, 0.15) is 0 Å². The molecule has 2 fully saturated rings. The molecule has 2 aliphatic heterocycles. The first-order valence-corrected chi connectivity index (χ1v) is 11.8. The summed E-state index contributed by atoms with van der Waals surface area (Å²) in [5.41, 5.74) is 1.82. The van der Waals surface area contributed by atoms with E-state index in [1.165, 1.54) is 18.6 Å². The van der Waals surface area contributed by atoms with Gasteiger partial charge >= 0.3 is 0 Å². The zero-order valence-electron chi connectivity index (χ0n) is 17.8. The Kier molecular flexibility index (Phi) is 8.24. The summed E-state index contributed by atoms with van der Waals surface area (Å²) >= 11 is 2.04. The number of guanidine groups is 1. The first-order valence-electron chi connectivity index (χ1n) is 10.7. The van der Waals surface area contributed by atoms with Crippen molar-refractivity contribution in [2.45, 2.75) is 57.6 Å². The maximum atomic E-state index is 12.8. The van der Waals surface area contributed by atoms with Crippen LogP contribution in [0.4, 0.5) is 0 Å². The number of carbonyl (C=O) groups is 1. The van der Waals surface area contributed by atoms with E-state index < -0.39 is 0 Å². The van der Waals surface area contributed by atoms with E-state index in [9.17, 15) is 4.79 Å². The molecule has 0 bridgehead atoms. The second-order valence-corrected chi connectivity index (χ2v) is 9.28. The SMILES string of the molecule is CCNC(=NCc1ccc(C(=O)N2CC(C)OC(C)C2)cc1)NCC1CCCS1. The number of hydrogen-bond donors (Lipinski definition) is 2. The normalized spacial score (nSPS) is 25.1. The molecule has 0 saturated carbocycles. The molecule has 3 atom stereocenters. The number of benzene rings is 1. The smallest absolute Gasteiger partial charge is 0.254 e. The maximum absolute atomic E-state index is 12.8. The van der Waals surface area contributed by atoms with Gasteiger partial charge in [0.05, 0.1) is 18.8 Å². The molecule has 6 nitrogen and oxygen atoms in total. The van der Waals surface area contributed by atoms with Crippen molar-refractivity contribution in [3.8, 4) is 0 Å². The summed E-state index contributed by atoms with van der Waals surface area (Å²) < 4.78 is 5.73. The van der Waals surface area contributed by atoms with E-state index in [0.29, 0.717) is 24.9 Å². The Bertz CT molecular complexity index is 679. The number of rotatable bonds is 6. The molecular formula is C22H34N4O2S. The molecule has 1 aromatic carbocycles. The van der Waals surface area contributed by atoms with Crippen LogP contribution in [0.15, 0.2) is 29.3 Å². The monoisotopic (exact) mass is 418 g/mol. The van der Waals surface area contributed by atoms with Crippen LogP contribution in [0.2, 0.25) is 0 Å². The van der Waals surface area contributed by atoms with Crippen LogP contribution >= 0.6 is 11.8 Å². The zero-order chi connectivity index (χ0) is 20.6. The Morgan fingerprint density at radius 2 is 1.93 bits per heavy atom. The van der Waals surface area contributed by atoms with Crippen LogP contribution in [0, 0.1) is 0 Å². The summed E-state index contributed by atoms with van der Waals surface area (Å²) in [5.74, 6) is 2.20. The minimum Gasteiger partial charge on any atom is -0.372 e. The lowest BCUT2D eigenvalue weighted by atomic mass is 10.1. The molecule has 2 N–H and O–H groups in total. The molecule has 160 valence electrons. The number of carbonyl (C=O) groups excluding carboxylic acids is 1. The molecule has 0 spiro atoms. The van der Waals surface area contributed by atoms with Gasteiger partial charge in [-0.1, -0.05) is 12.1 Å². The number of nitrogens with zero attached hydrogens (tertiary/aromatic N) is 2. The highest BCUT2D eigenvalue weighted by molar-refractivity contribution is 8.00. The minimum atomic E-state index is 0.0751. The molecule has 0 radical (unpaired) electrons. The van der Waals surface area contributed by atoms with Crippen LogP contribution in [0.1, 0.15) is 49.5 Å². The third-order valence-electron chi connectivity index (χ3n) is 5.19. The fourth-order valence-corrected chi connectivity index (χ4v) is 5.01. The predicted octanol–water partition coefficient (Wildman–Crippen LogP) is 2.89. The largest absolute Gasteiger partial charge is 0.372 e. The van der Waals surface area contributed by atoms with Gasteiger partial charge < -0.3 is 20.3 Å². The molecule has 1 aromatic rings. The number of amides is 1. The number of hydrogen-bond acceptors (Lipinski definition) is 4. The Hall–Kier alpha value is -1.73. The third-order valence-corrected chi connectivity index (χ3v) is 6.59. The highest BCUT2D eigenvalue weighted by Crippen LogP contribution is 2.25. The molecular weight excluding hydrogens is 384 g/mol. The molecule has 7 heteroatoms. The lowest BCUT2D eigenvalue weighted by Crippen LogP contribution is -2.48. The van der Waals surface area contributed by atoms with Crippen molar-refractivity contribution < 1.29 is 9.53 Å². The van der Waals surface area contributed by atoms with Crippen LogP contribution in [0.25, 0.3) is 0 Å². The molecule has 2 heterocycles. The van der Waals surface area contributed by atoms with Gasteiger partial charge in [0, 0.05) is 37.0 Å². The molecule has 2 saturated heterocycles. The summed E-state index contributed by atoms with van der Waals surface area (Å²) in [5, 5.41) is 7.46. The molecule has 1 amide bonds. The van der Waals surface area contributed by atoms with Gasteiger partial charge in [-0.2, -0.15) is 11.8 Å². The van der Waals surface area contributed by atoms with Crippen molar-refractivity contribution in [1.29, 1.82) is 0 Å². The Labute approximate surface area is 178 Å². The van der Waals surface area contributed by atoms with Gasteiger partial charge in [0.2, 0.25) is 0 Å². The van der Waals surface area contributed by atoms with Gasteiger partial charge in [-0.15, -0.1) is 0 Å². The number of ether oxygens (including phenoxy) is 1. The second-order valence-electron chi connectivity index (χ2n) is 7.88. The standard InChI is InChI=1S/C22H34N4O2S/c1-4-23-22(25-13-20-6-5-11-29-20)24-12-18-7-9-19(10-8-18)21(27)26-14-16(2)28-17(3)15-26/h7-10,16-17,20H,4-6,11-15H2,1-3H3,(H2,23,24,25). The molecule has 0 aliphatic carbocycles. The summed E-state index contributed by atoms with van der Waals surface area (Å²) in [6.07, 6.45) is 2.76. The van der Waals surface area contributed by atoms with E-state index in [-0.39, 0.29) is 18.1 Å². The van der Waals surface area contributed by atoms with Gasteiger partial charge in [0.25, 0.3) is 5.91 Å². The number of morpholine rings is 1. The van der Waals surface area contributed by atoms with Crippen LogP contribution in [0.3, 0.4) is 0 Å². The molecule has 2 aliphatic rings. The molecule has 3 rings (SSSR count). The van der Waals surface area contributed by atoms with Gasteiger partial charge in [-0.05, 0) is 57.1 Å². The van der Waals surface area contributed by atoms with Gasteiger partial charge in [-0.25, -0.2) is 4.99 Å². The first kappa shape index (κ1) is 22.0. The van der Waals surface area contributed by atoms with Crippen molar-refractivity contribution in [2.24, 2.45) is 4.99 Å². The van der Waals surface area contributed by atoms with Crippen molar-refractivity contribution in [2.75, 3.05) is 31.9 Å². The lowest BCUT2D eigenvalue weighted by Gasteiger charge is -2.35. The quantitative estimate of drug-likeness (QED) is 0.549. The maximum Gasteiger partial charge on any atom is 0.254 e. The zero-order valence-corrected chi connectivity index (χ0v) is 18.6. The van der Waals surface area contributed by atoms with E-state index in [4.69, 9.17) is 9.73 Å². The van der Waals surface area contributed by atoms with E-state index >= 15 is 0 Å². The number of nitrogens with one attached hydrogen (secondary N) is 2. The van der Waals surface area contributed by atoms with E-state index in [2.05, 4.69) is 17.6 Å². The van der Waals surface area contributed by atoms with Crippen molar-refractivity contribution in [3.63, 3.8) is 0 Å². The summed E-state index contributed by atoms with van der Waals surface area (Å²) in [6.45, 7) is 9.78. The van der Waals surface area contributed by atoms with Crippen LogP contribution in [0.5, 0.6) is 0 Å². The van der Waals surface area contributed by atoms with Gasteiger partial charge in [-0.3, -0.25) is 4.79 Å². The average molecular weight is 419 g/mol. The number of thioether (sulfide) groups is 1. The average Bonchev–Trinajstić information content (AvgIpc) is 3.23. The predicted molar refractivity (Wildman–Crippen MR) is 121 cm³/mol. The fourth-order valence-electron chi connectivity index (χ4n) is 3.81. The van der Waals surface area contributed by atoms with Crippen molar-refractivity contribution >= 4 is 23.6 Å². The van der Waals surface area contributed by atoms with E-state index in [1.807, 2.05) is 54.8 Å². The Balaban J connectivity index is 1.55. The van der Waals surface area contributed by atoms with Crippen LogP contribution < -0.4 is 10.6 Å². The van der Waals surface area contributed by atoms with E-state index in [1.54, 1.807) is 0 Å². The van der Waals surface area contributed by atoms with Crippen molar-refractivity contribution in [1.82, 2.24) is 15.5 Å². The lowest BCUT2D eigenvalue weighted by molar-refractivity contribution is -0.0586. The summed E-state index contributed by atoms with van der Waals surface area (Å²) in [4.78, 5) is 19.4. The molecule has 0 aromatic heterocycles. The highest BCUT2D eigenvalue weighted by Gasteiger charge is 2.26. The Morgan fingerprint density at radius 1 is 1.21 bits per heavy atom. The third kappa shape index (κ3) is 6.64. The topological polar surface area (TPSA) is 66.0 Å². The second kappa shape index (κ2) is 10.9. The van der Waals surface area contributed by atoms with Crippen LogP contribution in [-0.2, 0) is 11.3 Å². The highest BCUT2D eigenvalue weighted by atomic mass is 32.2. The summed E-state index contributed by atoms with van der Waals surface area (Å²) in [7, 11) is 0. The minimum absolute atomic E-state index is 0.0751. The first-order chi connectivity index (χ1) is 14.0.